The van der Waals surface area contributed by atoms with Gasteiger partial charge in [0.25, 0.3) is 0 Å². The normalized spacial score (nSPS) is 11.3. The second kappa shape index (κ2) is 7.05. The number of sulfonamides is 1. The number of hydrogen-bond donors (Lipinski definition) is 2. The highest BCUT2D eigenvalue weighted by molar-refractivity contribution is 9.10. The number of carboxylic acid groups (broad SMARTS) is 1. The summed E-state index contributed by atoms with van der Waals surface area (Å²) in [6.07, 6.45) is 0.140. The van der Waals surface area contributed by atoms with E-state index in [1.807, 2.05) is 6.92 Å². The lowest BCUT2D eigenvalue weighted by Gasteiger charge is -2.12. The van der Waals surface area contributed by atoms with Crippen LogP contribution in [-0.4, -0.2) is 33.1 Å². The minimum absolute atomic E-state index is 0.0211. The maximum absolute atomic E-state index is 12.2. The third-order valence-electron chi connectivity index (χ3n) is 2.59. The highest BCUT2D eigenvalue weighted by Crippen LogP contribution is 2.30. The van der Waals surface area contributed by atoms with Crippen molar-refractivity contribution in [2.24, 2.45) is 0 Å². The van der Waals surface area contributed by atoms with Crippen molar-refractivity contribution < 1.29 is 23.1 Å². The van der Waals surface area contributed by atoms with E-state index in [-0.39, 0.29) is 30.0 Å². The van der Waals surface area contributed by atoms with Crippen molar-refractivity contribution >= 4 is 31.9 Å². The number of nitrogens with one attached hydrogen (secondary N) is 1. The molecule has 0 saturated heterocycles. The van der Waals surface area contributed by atoms with Crippen molar-refractivity contribution in [3.8, 4) is 5.75 Å². The quantitative estimate of drug-likeness (QED) is 0.719. The molecule has 1 aromatic rings. The third kappa shape index (κ3) is 4.46. The van der Waals surface area contributed by atoms with Crippen LogP contribution in [0.5, 0.6) is 5.75 Å². The molecular weight excluding hydrogens is 350 g/mol. The molecular formula is C12H16BrNO5S. The fourth-order valence-corrected chi connectivity index (χ4v) is 3.27. The van der Waals surface area contributed by atoms with Gasteiger partial charge in [0.1, 0.15) is 10.6 Å². The number of aliphatic carboxylic acids is 1. The molecule has 0 bridgehead atoms. The summed E-state index contributed by atoms with van der Waals surface area (Å²) in [5.41, 5.74) is 0.853. The first kappa shape index (κ1) is 16.9. The van der Waals surface area contributed by atoms with Crippen LogP contribution in [0.4, 0.5) is 0 Å². The number of carboxylic acids is 1. The minimum atomic E-state index is -3.74. The van der Waals surface area contributed by atoms with Crippen LogP contribution in [-0.2, 0) is 14.8 Å². The van der Waals surface area contributed by atoms with Crippen LogP contribution in [0.1, 0.15) is 18.4 Å². The standard InChI is InChI=1S/C12H16BrNO5S/c1-8-6-10(19-2)11(7-9(8)13)20(17,18)14-5-3-4-12(15)16/h6-7,14H,3-5H2,1-2H3,(H,15,16). The first-order chi connectivity index (χ1) is 9.27. The van der Waals surface area contributed by atoms with Gasteiger partial charge >= 0.3 is 5.97 Å². The summed E-state index contributed by atoms with van der Waals surface area (Å²) in [5.74, 6) is -0.712. The van der Waals surface area contributed by atoms with Gasteiger partial charge < -0.3 is 9.84 Å². The van der Waals surface area contributed by atoms with E-state index in [1.165, 1.54) is 13.2 Å². The highest BCUT2D eigenvalue weighted by Gasteiger charge is 2.20. The van der Waals surface area contributed by atoms with Crippen LogP contribution in [0.3, 0.4) is 0 Å². The van der Waals surface area contributed by atoms with Gasteiger partial charge in [0, 0.05) is 17.4 Å². The topological polar surface area (TPSA) is 92.7 Å². The molecule has 0 amide bonds. The molecule has 0 radical (unpaired) electrons. The number of benzene rings is 1. The predicted octanol–water partition coefficient (Wildman–Crippen LogP) is 1.91. The van der Waals surface area contributed by atoms with Crippen LogP contribution in [0, 0.1) is 6.92 Å². The zero-order valence-electron chi connectivity index (χ0n) is 11.1. The molecule has 0 atom stereocenters. The molecule has 6 nitrogen and oxygen atoms in total. The molecule has 112 valence electrons. The Hall–Kier alpha value is -1.12. The summed E-state index contributed by atoms with van der Waals surface area (Å²) in [7, 11) is -2.34. The number of ether oxygens (including phenoxy) is 1. The Morgan fingerprint density at radius 3 is 2.65 bits per heavy atom. The van der Waals surface area contributed by atoms with Crippen LogP contribution in [0.25, 0.3) is 0 Å². The van der Waals surface area contributed by atoms with Crippen molar-refractivity contribution in [2.75, 3.05) is 13.7 Å². The van der Waals surface area contributed by atoms with Crippen LogP contribution < -0.4 is 9.46 Å². The van der Waals surface area contributed by atoms with E-state index in [0.29, 0.717) is 4.47 Å². The Morgan fingerprint density at radius 2 is 2.10 bits per heavy atom. The lowest BCUT2D eigenvalue weighted by Crippen LogP contribution is -2.25. The van der Waals surface area contributed by atoms with E-state index in [2.05, 4.69) is 20.7 Å². The number of methoxy groups -OCH3 is 1. The summed E-state index contributed by atoms with van der Waals surface area (Å²) in [6.45, 7) is 1.88. The lowest BCUT2D eigenvalue weighted by atomic mass is 10.2. The van der Waals surface area contributed by atoms with Crippen molar-refractivity contribution in [2.45, 2.75) is 24.7 Å². The Labute approximate surface area is 126 Å². The Balaban J connectivity index is 2.92. The molecule has 8 heteroatoms. The Bertz CT molecular complexity index is 600. The molecule has 20 heavy (non-hydrogen) atoms. The van der Waals surface area contributed by atoms with Crippen molar-refractivity contribution in [1.82, 2.24) is 4.72 Å². The molecule has 1 rings (SSSR count). The number of carbonyl (C=O) groups is 1. The van der Waals surface area contributed by atoms with Crippen molar-refractivity contribution in [3.05, 3.63) is 22.2 Å². The molecule has 0 fully saturated rings. The predicted molar refractivity (Wildman–Crippen MR) is 77.5 cm³/mol. The maximum Gasteiger partial charge on any atom is 0.303 e. The van der Waals surface area contributed by atoms with E-state index in [0.717, 1.165) is 5.56 Å². The van der Waals surface area contributed by atoms with Gasteiger partial charge in [-0.15, -0.1) is 0 Å². The summed E-state index contributed by atoms with van der Waals surface area (Å²) < 4.78 is 32.4. The second-order valence-corrected chi connectivity index (χ2v) is 6.74. The number of aryl methyl sites for hydroxylation is 1. The molecule has 0 unspecified atom stereocenters. The van der Waals surface area contributed by atoms with E-state index in [9.17, 15) is 13.2 Å². The Morgan fingerprint density at radius 1 is 1.45 bits per heavy atom. The molecule has 0 aliphatic rings. The van der Waals surface area contributed by atoms with E-state index >= 15 is 0 Å². The maximum atomic E-state index is 12.2. The summed E-state index contributed by atoms with van der Waals surface area (Å²) in [6, 6.07) is 3.09. The second-order valence-electron chi connectivity index (χ2n) is 4.15. The summed E-state index contributed by atoms with van der Waals surface area (Å²) in [4.78, 5) is 10.4. The summed E-state index contributed by atoms with van der Waals surface area (Å²) in [5, 5.41) is 8.51. The monoisotopic (exact) mass is 365 g/mol. The zero-order chi connectivity index (χ0) is 15.3. The third-order valence-corrected chi connectivity index (χ3v) is 4.93. The number of halogens is 1. The average molecular weight is 366 g/mol. The fraction of sp³-hybridized carbons (Fsp3) is 0.417. The molecule has 1 aromatic carbocycles. The highest BCUT2D eigenvalue weighted by atomic mass is 79.9. The van der Waals surface area contributed by atoms with E-state index in [4.69, 9.17) is 9.84 Å². The molecule has 0 spiro atoms. The van der Waals surface area contributed by atoms with Gasteiger partial charge in [-0.05, 0) is 31.0 Å². The summed E-state index contributed by atoms with van der Waals surface area (Å²) >= 11 is 3.28. The molecule has 0 saturated carbocycles. The minimum Gasteiger partial charge on any atom is -0.495 e. The molecule has 0 heterocycles. The van der Waals surface area contributed by atoms with Crippen LogP contribution >= 0.6 is 15.9 Å². The largest absolute Gasteiger partial charge is 0.495 e. The number of hydrogen-bond acceptors (Lipinski definition) is 4. The SMILES string of the molecule is COc1cc(C)c(Br)cc1S(=O)(=O)NCCCC(=O)O. The van der Waals surface area contributed by atoms with Gasteiger partial charge in [0.05, 0.1) is 7.11 Å². The first-order valence-corrected chi connectivity index (χ1v) is 8.11. The van der Waals surface area contributed by atoms with Crippen molar-refractivity contribution in [3.63, 3.8) is 0 Å². The van der Waals surface area contributed by atoms with Gasteiger partial charge in [0.2, 0.25) is 10.0 Å². The van der Waals surface area contributed by atoms with E-state index in [1.54, 1.807) is 6.07 Å². The molecule has 2 N–H and O–H groups in total. The lowest BCUT2D eigenvalue weighted by molar-refractivity contribution is -0.137. The molecule has 0 aromatic heterocycles. The van der Waals surface area contributed by atoms with Gasteiger partial charge in [-0.3, -0.25) is 4.79 Å². The van der Waals surface area contributed by atoms with Gasteiger partial charge in [-0.2, -0.15) is 0 Å². The van der Waals surface area contributed by atoms with E-state index < -0.39 is 16.0 Å². The molecule has 0 aliphatic carbocycles. The van der Waals surface area contributed by atoms with Crippen molar-refractivity contribution in [1.29, 1.82) is 0 Å². The zero-order valence-corrected chi connectivity index (χ0v) is 13.5. The van der Waals surface area contributed by atoms with Crippen LogP contribution in [0.15, 0.2) is 21.5 Å². The first-order valence-electron chi connectivity index (χ1n) is 5.83. The van der Waals surface area contributed by atoms with Gasteiger partial charge in [-0.25, -0.2) is 13.1 Å². The average Bonchev–Trinajstić information content (AvgIpc) is 2.37. The number of rotatable bonds is 7. The molecule has 0 aliphatic heterocycles. The van der Waals surface area contributed by atoms with Crippen LogP contribution in [0.2, 0.25) is 0 Å². The smallest absolute Gasteiger partial charge is 0.303 e. The Kier molecular flexibility index (Phi) is 5.97. The fourth-order valence-electron chi connectivity index (χ4n) is 1.53. The van der Waals surface area contributed by atoms with Gasteiger partial charge in [-0.1, -0.05) is 15.9 Å². The van der Waals surface area contributed by atoms with Gasteiger partial charge in [0.15, 0.2) is 0 Å².